The van der Waals surface area contributed by atoms with E-state index >= 15 is 0 Å². The summed E-state index contributed by atoms with van der Waals surface area (Å²) in [6, 6.07) is 28.4. The molecule has 0 aliphatic heterocycles. The normalized spacial score (nSPS) is 11.9. The van der Waals surface area contributed by atoms with Gasteiger partial charge in [-0.2, -0.15) is 0 Å². The van der Waals surface area contributed by atoms with Crippen LogP contribution in [0.1, 0.15) is 230 Å². The Morgan fingerprint density at radius 1 is 0.241 bits per heavy atom. The first-order chi connectivity index (χ1) is 28.8. The van der Waals surface area contributed by atoms with E-state index < -0.39 is 0 Å². The predicted molar refractivity (Wildman–Crippen MR) is 263 cm³/mol. The Hall–Kier alpha value is -2.86. The minimum Gasteiger partial charge on any atom is -0.0654 e. The number of hydrogen-bond donors (Lipinski definition) is 0. The van der Waals surface area contributed by atoms with Crippen LogP contribution in [0.5, 0.6) is 0 Å². The highest BCUT2D eigenvalue weighted by atomic mass is 14.2. The van der Waals surface area contributed by atoms with Gasteiger partial charge in [-0.05, 0) is 104 Å². The number of unbranched alkanes of at least 4 members (excludes halogenated alkanes) is 30. The van der Waals surface area contributed by atoms with Crippen LogP contribution in [0.2, 0.25) is 0 Å². The zero-order valence-electron chi connectivity index (χ0n) is 38.0. The molecule has 318 valence electrons. The smallest absolute Gasteiger partial charge is 0.0136 e. The molecule has 0 aliphatic carbocycles. The molecule has 0 radical (unpaired) electrons. The van der Waals surface area contributed by atoms with E-state index in [4.69, 9.17) is 0 Å². The lowest BCUT2D eigenvalue weighted by Crippen LogP contribution is -1.98. The molecule has 0 unspecified atom stereocenters. The molecule has 0 N–H and O–H groups in total. The molecule has 0 heteroatoms. The number of aryl methyl sites for hydroxylation is 2. The van der Waals surface area contributed by atoms with Gasteiger partial charge in [-0.1, -0.05) is 255 Å². The molecule has 0 aliphatic rings. The number of hydrogen-bond acceptors (Lipinski definition) is 0. The highest BCUT2D eigenvalue weighted by Crippen LogP contribution is 2.39. The Morgan fingerprint density at radius 3 is 0.638 bits per heavy atom. The zero-order valence-corrected chi connectivity index (χ0v) is 38.0. The predicted octanol–water partition coefficient (Wildman–Crippen LogP) is 19.9. The van der Waals surface area contributed by atoms with Crippen LogP contribution in [0.15, 0.2) is 72.8 Å². The van der Waals surface area contributed by atoms with Gasteiger partial charge < -0.3 is 0 Å². The quantitative estimate of drug-likeness (QED) is 0.0288. The van der Waals surface area contributed by atoms with Crippen molar-refractivity contribution in [1.29, 1.82) is 0 Å². The molecule has 5 aromatic rings. The fraction of sp³-hybridized carbons (Fsp3) is 0.621. The van der Waals surface area contributed by atoms with Gasteiger partial charge in [0.2, 0.25) is 0 Å². The van der Waals surface area contributed by atoms with Crippen LogP contribution < -0.4 is 0 Å². The molecule has 0 bridgehead atoms. The van der Waals surface area contributed by atoms with Crippen molar-refractivity contribution >= 4 is 43.1 Å². The molecule has 5 aromatic carbocycles. The summed E-state index contributed by atoms with van der Waals surface area (Å²) in [5.41, 5.74) is 3.20. The summed E-state index contributed by atoms with van der Waals surface area (Å²) >= 11 is 0. The third-order valence-electron chi connectivity index (χ3n) is 13.6. The summed E-state index contributed by atoms with van der Waals surface area (Å²) in [6.45, 7) is 4.62. The first kappa shape index (κ1) is 46.2. The molecule has 0 spiro atoms. The summed E-state index contributed by atoms with van der Waals surface area (Å²) in [6.07, 6.45) is 47.8. The highest BCUT2D eigenvalue weighted by Gasteiger charge is 2.16. The van der Waals surface area contributed by atoms with Gasteiger partial charge in [0.1, 0.15) is 0 Å². The molecule has 0 fully saturated rings. The van der Waals surface area contributed by atoms with Crippen LogP contribution >= 0.6 is 0 Å². The molecule has 0 atom stereocenters. The maximum Gasteiger partial charge on any atom is -0.0136 e. The lowest BCUT2D eigenvalue weighted by atomic mass is 9.85. The molecule has 0 nitrogen and oxygen atoms in total. The maximum atomic E-state index is 2.55. The largest absolute Gasteiger partial charge is 0.0654 e. The third kappa shape index (κ3) is 16.0. The first-order valence-electron chi connectivity index (χ1n) is 25.6. The van der Waals surface area contributed by atoms with Crippen LogP contribution in [-0.4, -0.2) is 0 Å². The van der Waals surface area contributed by atoms with Crippen molar-refractivity contribution in [2.45, 2.75) is 232 Å². The topological polar surface area (TPSA) is 0 Å². The van der Waals surface area contributed by atoms with Gasteiger partial charge in [-0.15, -0.1) is 0 Å². The Bertz CT molecular complexity index is 1600. The monoisotopic (exact) mass is 783 g/mol. The summed E-state index contributed by atoms with van der Waals surface area (Å²) in [7, 11) is 0. The number of fused-ring (bicyclic) bond motifs is 4. The minimum atomic E-state index is 1.18. The summed E-state index contributed by atoms with van der Waals surface area (Å²) in [4.78, 5) is 0. The van der Waals surface area contributed by atoms with Crippen LogP contribution in [0, 0.1) is 0 Å². The fourth-order valence-corrected chi connectivity index (χ4v) is 10.0. The van der Waals surface area contributed by atoms with E-state index in [1.54, 1.807) is 11.1 Å². The molecule has 0 saturated heterocycles. The van der Waals surface area contributed by atoms with E-state index in [-0.39, 0.29) is 0 Å². The van der Waals surface area contributed by atoms with Gasteiger partial charge in [-0.3, -0.25) is 0 Å². The van der Waals surface area contributed by atoms with Gasteiger partial charge in [0.05, 0.1) is 0 Å². The molecular formula is C58H86. The standard InChI is InChI=1S/C58H86/c1-3-5-7-9-11-13-15-17-19-21-23-25-27-29-31-33-43-53-55-45-49-39-35-37-41-51(49)47-57(55)54(58-48-52-42-38-36-40-50(52)46-56(53)58)44-34-32-30-28-26-24-22-20-18-16-14-12-10-8-6-4-2/h35-42,45-48H,3-34,43-44H2,1-2H3. The second kappa shape index (κ2) is 28.6. The van der Waals surface area contributed by atoms with E-state index in [1.165, 1.54) is 261 Å². The lowest BCUT2D eigenvalue weighted by Gasteiger charge is -2.19. The Kier molecular flexibility index (Phi) is 22.8. The van der Waals surface area contributed by atoms with Crippen molar-refractivity contribution in [2.24, 2.45) is 0 Å². The van der Waals surface area contributed by atoms with Crippen LogP contribution in [0.25, 0.3) is 43.1 Å². The molecule has 0 saturated carbocycles. The van der Waals surface area contributed by atoms with Crippen molar-refractivity contribution in [3.8, 4) is 0 Å². The van der Waals surface area contributed by atoms with E-state index in [9.17, 15) is 0 Å². The molecule has 0 amide bonds. The second-order valence-corrected chi connectivity index (χ2v) is 18.6. The van der Waals surface area contributed by atoms with Crippen molar-refractivity contribution < 1.29 is 0 Å². The summed E-state index contributed by atoms with van der Waals surface area (Å²) in [5.74, 6) is 0. The lowest BCUT2D eigenvalue weighted by molar-refractivity contribution is 0.529. The molecular weight excluding hydrogens is 697 g/mol. The van der Waals surface area contributed by atoms with Crippen LogP contribution in [-0.2, 0) is 12.8 Å². The SMILES string of the molecule is CCCCCCCCCCCCCCCCCCc1c2cc3ccccc3cc2c(CCCCCCCCCCCCCCCCCC)c2cc3ccccc3cc12. The number of benzene rings is 5. The average molecular weight is 783 g/mol. The van der Waals surface area contributed by atoms with E-state index in [1.807, 2.05) is 0 Å². The molecule has 58 heavy (non-hydrogen) atoms. The molecule has 0 aromatic heterocycles. The van der Waals surface area contributed by atoms with E-state index in [0.29, 0.717) is 0 Å². The van der Waals surface area contributed by atoms with Crippen LogP contribution in [0.3, 0.4) is 0 Å². The Balaban J connectivity index is 1.12. The van der Waals surface area contributed by atoms with E-state index in [2.05, 4.69) is 86.6 Å². The van der Waals surface area contributed by atoms with Gasteiger partial charge in [0.15, 0.2) is 0 Å². The van der Waals surface area contributed by atoms with Crippen molar-refractivity contribution in [1.82, 2.24) is 0 Å². The number of rotatable bonds is 34. The van der Waals surface area contributed by atoms with Gasteiger partial charge in [0.25, 0.3) is 0 Å². The second-order valence-electron chi connectivity index (χ2n) is 18.6. The summed E-state index contributed by atoms with van der Waals surface area (Å²) < 4.78 is 0. The van der Waals surface area contributed by atoms with E-state index in [0.717, 1.165) is 0 Å². The summed E-state index contributed by atoms with van der Waals surface area (Å²) in [5, 5.41) is 11.6. The molecule has 0 heterocycles. The Labute approximate surface area is 357 Å². The highest BCUT2D eigenvalue weighted by molar-refractivity contribution is 6.13. The maximum absolute atomic E-state index is 2.55. The van der Waals surface area contributed by atoms with Crippen molar-refractivity contribution in [3.05, 3.63) is 83.9 Å². The van der Waals surface area contributed by atoms with Crippen molar-refractivity contribution in [2.75, 3.05) is 0 Å². The van der Waals surface area contributed by atoms with Crippen LogP contribution in [0.4, 0.5) is 0 Å². The average Bonchev–Trinajstić information content (AvgIpc) is 3.25. The minimum absolute atomic E-state index is 1.18. The van der Waals surface area contributed by atoms with Crippen molar-refractivity contribution in [3.63, 3.8) is 0 Å². The first-order valence-corrected chi connectivity index (χ1v) is 25.6. The fourth-order valence-electron chi connectivity index (χ4n) is 10.0. The van der Waals surface area contributed by atoms with Gasteiger partial charge in [-0.25, -0.2) is 0 Å². The van der Waals surface area contributed by atoms with Gasteiger partial charge in [0, 0.05) is 0 Å². The van der Waals surface area contributed by atoms with Gasteiger partial charge >= 0.3 is 0 Å². The molecule has 5 rings (SSSR count). The third-order valence-corrected chi connectivity index (χ3v) is 13.6. The zero-order chi connectivity index (χ0) is 40.3. The Morgan fingerprint density at radius 2 is 0.431 bits per heavy atom.